The van der Waals surface area contributed by atoms with E-state index in [2.05, 4.69) is 36.2 Å². The molecule has 2 N–H and O–H groups in total. The van der Waals surface area contributed by atoms with Crippen LogP contribution in [0.25, 0.3) is 5.70 Å². The van der Waals surface area contributed by atoms with Crippen LogP contribution in [0, 0.1) is 0 Å². The minimum Gasteiger partial charge on any atom is -0.397 e. The molecule has 1 aliphatic rings. The van der Waals surface area contributed by atoms with Gasteiger partial charge in [-0.15, -0.1) is 0 Å². The molecule has 0 saturated heterocycles. The van der Waals surface area contributed by atoms with Gasteiger partial charge in [-0.05, 0) is 12.0 Å². The Morgan fingerprint density at radius 3 is 2.93 bits per heavy atom. The van der Waals surface area contributed by atoms with Crippen LogP contribution >= 0.6 is 0 Å². The largest absolute Gasteiger partial charge is 0.397 e. The molecule has 0 fully saturated rings. The van der Waals surface area contributed by atoms with Crippen molar-refractivity contribution in [2.24, 2.45) is 5.73 Å². The molecule has 1 aromatic carbocycles. The molecule has 1 aromatic rings. The van der Waals surface area contributed by atoms with Crippen LogP contribution in [0.2, 0.25) is 0 Å². The summed E-state index contributed by atoms with van der Waals surface area (Å²) in [5.74, 6) is 0. The van der Waals surface area contributed by atoms with Gasteiger partial charge in [-0.25, -0.2) is 0 Å². The van der Waals surface area contributed by atoms with Crippen molar-refractivity contribution in [3.05, 3.63) is 41.6 Å². The molecule has 0 aliphatic carbocycles. The lowest BCUT2D eigenvalue weighted by molar-refractivity contribution is 0.364. The van der Waals surface area contributed by atoms with Crippen molar-refractivity contribution in [1.29, 1.82) is 0 Å². The lowest BCUT2D eigenvalue weighted by Crippen LogP contribution is -2.24. The van der Waals surface area contributed by atoms with Gasteiger partial charge in [0.25, 0.3) is 0 Å². The van der Waals surface area contributed by atoms with Crippen LogP contribution in [0.3, 0.4) is 0 Å². The Labute approximate surface area is 85.0 Å². The van der Waals surface area contributed by atoms with E-state index in [1.165, 1.54) is 11.1 Å². The molecule has 1 aliphatic heterocycles. The summed E-state index contributed by atoms with van der Waals surface area (Å²) in [4.78, 5) is 2.28. The number of rotatable bonds is 2. The predicted molar refractivity (Wildman–Crippen MR) is 59.3 cm³/mol. The molecule has 0 saturated carbocycles. The van der Waals surface area contributed by atoms with E-state index in [1.54, 1.807) is 0 Å². The van der Waals surface area contributed by atoms with Gasteiger partial charge in [-0.1, -0.05) is 31.2 Å². The highest BCUT2D eigenvalue weighted by molar-refractivity contribution is 5.66. The van der Waals surface area contributed by atoms with Crippen LogP contribution in [-0.4, -0.2) is 11.4 Å². The number of hydrogen-bond acceptors (Lipinski definition) is 2. The molecule has 2 rings (SSSR count). The van der Waals surface area contributed by atoms with Gasteiger partial charge in [0.2, 0.25) is 0 Å². The van der Waals surface area contributed by atoms with Crippen molar-refractivity contribution in [1.82, 2.24) is 4.90 Å². The van der Waals surface area contributed by atoms with Gasteiger partial charge in [0, 0.05) is 24.9 Å². The molecule has 1 heterocycles. The standard InChI is InChI=1S/C12H16N2/c1-2-7-14-8-10-5-3-4-6-11(10)12(13)9-14/h3-6,9H,2,7-8,13H2,1H3. The van der Waals surface area contributed by atoms with Gasteiger partial charge in [0.15, 0.2) is 0 Å². The third kappa shape index (κ3) is 1.60. The SMILES string of the molecule is CCCN1C=C(N)c2ccccc2C1. The second kappa shape index (κ2) is 3.74. The summed E-state index contributed by atoms with van der Waals surface area (Å²) in [6.07, 6.45) is 3.22. The van der Waals surface area contributed by atoms with Crippen LogP contribution in [0.1, 0.15) is 24.5 Å². The van der Waals surface area contributed by atoms with Crippen LogP contribution in [0.5, 0.6) is 0 Å². The molecule has 14 heavy (non-hydrogen) atoms. The van der Waals surface area contributed by atoms with E-state index in [0.717, 1.165) is 25.2 Å². The van der Waals surface area contributed by atoms with Gasteiger partial charge in [0.1, 0.15) is 0 Å². The third-order valence-electron chi connectivity index (χ3n) is 2.53. The van der Waals surface area contributed by atoms with Crippen molar-refractivity contribution in [2.75, 3.05) is 6.54 Å². The summed E-state index contributed by atoms with van der Waals surface area (Å²) < 4.78 is 0. The first-order chi connectivity index (χ1) is 6.81. The number of hydrogen-bond donors (Lipinski definition) is 1. The van der Waals surface area contributed by atoms with E-state index in [4.69, 9.17) is 5.73 Å². The first-order valence-electron chi connectivity index (χ1n) is 5.11. The maximum absolute atomic E-state index is 5.99. The molecule has 0 unspecified atom stereocenters. The molecule has 0 radical (unpaired) electrons. The highest BCUT2D eigenvalue weighted by Crippen LogP contribution is 2.22. The zero-order chi connectivity index (χ0) is 9.97. The summed E-state index contributed by atoms with van der Waals surface area (Å²) in [7, 11) is 0. The van der Waals surface area contributed by atoms with E-state index in [0.29, 0.717) is 0 Å². The Hall–Kier alpha value is -1.44. The van der Waals surface area contributed by atoms with Gasteiger partial charge in [-0.2, -0.15) is 0 Å². The van der Waals surface area contributed by atoms with Crippen LogP contribution < -0.4 is 5.73 Å². The van der Waals surface area contributed by atoms with Gasteiger partial charge in [0.05, 0.1) is 5.70 Å². The van der Waals surface area contributed by atoms with E-state index < -0.39 is 0 Å². The quantitative estimate of drug-likeness (QED) is 0.770. The molecule has 2 heteroatoms. The fraction of sp³-hybridized carbons (Fsp3) is 0.333. The summed E-state index contributed by atoms with van der Waals surface area (Å²) in [5, 5.41) is 0. The Bertz CT molecular complexity index is 355. The summed E-state index contributed by atoms with van der Waals surface area (Å²) >= 11 is 0. The predicted octanol–water partition coefficient (Wildman–Crippen LogP) is 2.17. The third-order valence-corrected chi connectivity index (χ3v) is 2.53. The second-order valence-corrected chi connectivity index (χ2v) is 3.71. The first kappa shape index (κ1) is 9.13. The monoisotopic (exact) mass is 188 g/mol. The summed E-state index contributed by atoms with van der Waals surface area (Å²) in [6.45, 7) is 4.25. The van der Waals surface area contributed by atoms with E-state index >= 15 is 0 Å². The van der Waals surface area contributed by atoms with E-state index in [-0.39, 0.29) is 0 Å². The summed E-state index contributed by atoms with van der Waals surface area (Å²) in [6, 6.07) is 8.35. The second-order valence-electron chi connectivity index (χ2n) is 3.71. The Morgan fingerprint density at radius 1 is 1.36 bits per heavy atom. The fourth-order valence-corrected chi connectivity index (χ4v) is 1.90. The van der Waals surface area contributed by atoms with Crippen LogP contribution in [-0.2, 0) is 6.54 Å². The molecule has 0 spiro atoms. The normalized spacial score (nSPS) is 14.9. The fourth-order valence-electron chi connectivity index (χ4n) is 1.90. The van der Waals surface area contributed by atoms with Crippen molar-refractivity contribution < 1.29 is 0 Å². The molecule has 74 valence electrons. The number of nitrogens with zero attached hydrogens (tertiary/aromatic N) is 1. The smallest absolute Gasteiger partial charge is 0.0552 e. The number of fused-ring (bicyclic) bond motifs is 1. The van der Waals surface area contributed by atoms with Crippen LogP contribution in [0.15, 0.2) is 30.5 Å². The van der Waals surface area contributed by atoms with Gasteiger partial charge in [-0.3, -0.25) is 0 Å². The van der Waals surface area contributed by atoms with E-state index in [1.807, 2.05) is 6.07 Å². The van der Waals surface area contributed by atoms with Gasteiger partial charge < -0.3 is 10.6 Å². The first-order valence-corrected chi connectivity index (χ1v) is 5.11. The Balaban J connectivity index is 2.30. The highest BCUT2D eigenvalue weighted by Gasteiger charge is 2.13. The molecule has 2 nitrogen and oxygen atoms in total. The molecular weight excluding hydrogens is 172 g/mol. The highest BCUT2D eigenvalue weighted by atomic mass is 15.1. The number of nitrogens with two attached hydrogens (primary N) is 1. The van der Waals surface area contributed by atoms with Crippen molar-refractivity contribution in [3.63, 3.8) is 0 Å². The minimum absolute atomic E-state index is 0.889. The zero-order valence-corrected chi connectivity index (χ0v) is 8.53. The molecule has 0 amide bonds. The molecule has 0 aromatic heterocycles. The topological polar surface area (TPSA) is 29.3 Å². The maximum atomic E-state index is 5.99. The lowest BCUT2D eigenvalue weighted by atomic mass is 10.0. The molecule has 0 bridgehead atoms. The molecular formula is C12H16N2. The average Bonchev–Trinajstić information content (AvgIpc) is 2.18. The molecule has 0 atom stereocenters. The van der Waals surface area contributed by atoms with Crippen LogP contribution in [0.4, 0.5) is 0 Å². The average molecular weight is 188 g/mol. The number of benzene rings is 1. The van der Waals surface area contributed by atoms with Crippen molar-refractivity contribution >= 4 is 5.70 Å². The Morgan fingerprint density at radius 2 is 2.14 bits per heavy atom. The van der Waals surface area contributed by atoms with Crippen molar-refractivity contribution in [2.45, 2.75) is 19.9 Å². The van der Waals surface area contributed by atoms with E-state index in [9.17, 15) is 0 Å². The van der Waals surface area contributed by atoms with Crippen molar-refractivity contribution in [3.8, 4) is 0 Å². The minimum atomic E-state index is 0.889. The lowest BCUT2D eigenvalue weighted by Gasteiger charge is -2.27. The Kier molecular flexibility index (Phi) is 2.44. The van der Waals surface area contributed by atoms with Gasteiger partial charge >= 0.3 is 0 Å². The maximum Gasteiger partial charge on any atom is 0.0552 e. The summed E-state index contributed by atoms with van der Waals surface area (Å²) in [5.41, 5.74) is 9.40. The zero-order valence-electron chi connectivity index (χ0n) is 8.53.